The fraction of sp³-hybridized carbons (Fsp3) is 0.160. The molecule has 6 heteroatoms. The van der Waals surface area contributed by atoms with Crippen molar-refractivity contribution in [2.75, 3.05) is 0 Å². The average molecular weight is 478 g/mol. The Morgan fingerprint density at radius 2 is 1.68 bits per heavy atom. The number of nitrogens with zero attached hydrogens (tertiary/aromatic N) is 1. The van der Waals surface area contributed by atoms with Crippen molar-refractivity contribution in [2.24, 2.45) is 0 Å². The number of hydrogen-bond acceptors (Lipinski definition) is 4. The van der Waals surface area contributed by atoms with E-state index in [9.17, 15) is 9.18 Å². The molecule has 31 heavy (non-hydrogen) atoms. The zero-order chi connectivity index (χ0) is 21.4. The molecule has 4 nitrogen and oxygen atoms in total. The van der Waals surface area contributed by atoms with Crippen molar-refractivity contribution < 1.29 is 9.18 Å². The molecule has 2 heterocycles. The van der Waals surface area contributed by atoms with Gasteiger partial charge in [-0.1, -0.05) is 88.7 Å². The SMILES string of the molecule is O=C(c1ccccc1)C1CC(c2cccc(F)c2)N2NC(c3ccccc3)=C(Br)C2N1. The van der Waals surface area contributed by atoms with Crippen molar-refractivity contribution in [2.45, 2.75) is 24.7 Å². The summed E-state index contributed by atoms with van der Waals surface area (Å²) >= 11 is 3.76. The summed E-state index contributed by atoms with van der Waals surface area (Å²) in [7, 11) is 0. The number of carbonyl (C=O) groups is 1. The third-order valence-corrected chi connectivity index (χ3v) is 6.65. The van der Waals surface area contributed by atoms with Crippen LogP contribution in [0.1, 0.15) is 33.9 Å². The second-order valence-electron chi connectivity index (χ2n) is 7.77. The van der Waals surface area contributed by atoms with Crippen molar-refractivity contribution in [3.63, 3.8) is 0 Å². The van der Waals surface area contributed by atoms with Gasteiger partial charge in [-0.2, -0.15) is 5.01 Å². The lowest BCUT2D eigenvalue weighted by Crippen LogP contribution is -2.59. The van der Waals surface area contributed by atoms with E-state index >= 15 is 0 Å². The highest BCUT2D eigenvalue weighted by atomic mass is 79.9. The molecule has 1 saturated heterocycles. The fourth-order valence-corrected chi connectivity index (χ4v) is 4.99. The maximum absolute atomic E-state index is 14.1. The van der Waals surface area contributed by atoms with Crippen molar-refractivity contribution in [1.29, 1.82) is 0 Å². The van der Waals surface area contributed by atoms with Gasteiger partial charge in [-0.25, -0.2) is 4.39 Å². The Balaban J connectivity index is 1.53. The molecule has 3 unspecified atom stereocenters. The van der Waals surface area contributed by atoms with Crippen LogP contribution in [0.3, 0.4) is 0 Å². The van der Waals surface area contributed by atoms with Crippen LogP contribution in [0.25, 0.3) is 5.70 Å². The molecule has 1 fully saturated rings. The lowest BCUT2D eigenvalue weighted by molar-refractivity contribution is 0.0460. The number of ketones is 1. The van der Waals surface area contributed by atoms with Crippen molar-refractivity contribution in [1.82, 2.24) is 15.8 Å². The molecule has 2 aliphatic rings. The van der Waals surface area contributed by atoms with Gasteiger partial charge in [0.1, 0.15) is 12.0 Å². The number of Topliss-reactive ketones (excluding diaryl/α,β-unsaturated/α-hetero) is 1. The van der Waals surface area contributed by atoms with Gasteiger partial charge in [0.25, 0.3) is 0 Å². The summed E-state index contributed by atoms with van der Waals surface area (Å²) in [5.41, 5.74) is 6.97. The normalized spacial score (nSPS) is 23.4. The zero-order valence-electron chi connectivity index (χ0n) is 16.6. The van der Waals surface area contributed by atoms with Crippen LogP contribution in [-0.4, -0.2) is 23.0 Å². The van der Waals surface area contributed by atoms with Crippen LogP contribution in [0, 0.1) is 5.82 Å². The second-order valence-corrected chi connectivity index (χ2v) is 8.62. The quantitative estimate of drug-likeness (QED) is 0.517. The zero-order valence-corrected chi connectivity index (χ0v) is 18.2. The van der Waals surface area contributed by atoms with E-state index in [0.29, 0.717) is 12.0 Å². The first-order valence-electron chi connectivity index (χ1n) is 10.2. The van der Waals surface area contributed by atoms with Crippen LogP contribution in [0.2, 0.25) is 0 Å². The van der Waals surface area contributed by atoms with Crippen LogP contribution in [0.4, 0.5) is 4.39 Å². The third-order valence-electron chi connectivity index (χ3n) is 5.82. The number of benzene rings is 3. The Morgan fingerprint density at radius 1 is 0.968 bits per heavy atom. The van der Waals surface area contributed by atoms with Gasteiger partial charge in [0.2, 0.25) is 0 Å². The predicted octanol–water partition coefficient (Wildman–Crippen LogP) is 5.02. The smallest absolute Gasteiger partial charge is 0.179 e. The molecule has 0 saturated carbocycles. The molecule has 0 bridgehead atoms. The van der Waals surface area contributed by atoms with Crippen molar-refractivity contribution >= 4 is 27.4 Å². The van der Waals surface area contributed by atoms with E-state index in [-0.39, 0.29) is 23.8 Å². The molecular weight excluding hydrogens is 457 g/mol. The number of carbonyl (C=O) groups excluding carboxylic acids is 1. The average Bonchev–Trinajstić information content (AvgIpc) is 3.15. The Kier molecular flexibility index (Phi) is 5.44. The molecule has 2 aliphatic heterocycles. The highest BCUT2D eigenvalue weighted by Crippen LogP contribution is 2.41. The number of fused-ring (bicyclic) bond motifs is 1. The number of hydrogen-bond donors (Lipinski definition) is 2. The minimum absolute atomic E-state index is 0.0371. The van der Waals surface area contributed by atoms with Gasteiger partial charge in [-0.15, -0.1) is 0 Å². The minimum Gasteiger partial charge on any atom is -0.315 e. The van der Waals surface area contributed by atoms with Gasteiger partial charge >= 0.3 is 0 Å². The monoisotopic (exact) mass is 477 g/mol. The highest BCUT2D eigenvalue weighted by molar-refractivity contribution is 9.11. The molecule has 0 aliphatic carbocycles. The summed E-state index contributed by atoms with van der Waals surface area (Å²) in [6.07, 6.45) is 0.262. The van der Waals surface area contributed by atoms with E-state index in [0.717, 1.165) is 21.3 Å². The molecule has 3 atom stereocenters. The summed E-state index contributed by atoms with van der Waals surface area (Å²) in [6, 6.07) is 25.3. The molecule has 3 aromatic carbocycles. The van der Waals surface area contributed by atoms with E-state index < -0.39 is 6.04 Å². The number of halogens is 2. The summed E-state index contributed by atoms with van der Waals surface area (Å²) in [4.78, 5) is 13.3. The summed E-state index contributed by atoms with van der Waals surface area (Å²) < 4.78 is 15.0. The largest absolute Gasteiger partial charge is 0.315 e. The first kappa shape index (κ1) is 20.1. The molecule has 0 radical (unpaired) electrons. The molecule has 156 valence electrons. The maximum Gasteiger partial charge on any atom is 0.179 e. The maximum atomic E-state index is 14.1. The number of nitrogens with one attached hydrogen (secondary N) is 2. The van der Waals surface area contributed by atoms with Crippen LogP contribution in [0.15, 0.2) is 89.4 Å². The van der Waals surface area contributed by atoms with Gasteiger partial charge in [0.15, 0.2) is 5.78 Å². The van der Waals surface area contributed by atoms with E-state index in [4.69, 9.17) is 0 Å². The lowest BCUT2D eigenvalue weighted by atomic mass is 9.91. The number of hydrazine groups is 1. The van der Waals surface area contributed by atoms with Crippen LogP contribution in [0.5, 0.6) is 0 Å². The Morgan fingerprint density at radius 3 is 2.39 bits per heavy atom. The van der Waals surface area contributed by atoms with Gasteiger partial charge in [-0.05, 0) is 29.7 Å². The van der Waals surface area contributed by atoms with Gasteiger partial charge in [0, 0.05) is 5.56 Å². The van der Waals surface area contributed by atoms with Crippen LogP contribution < -0.4 is 10.7 Å². The third kappa shape index (κ3) is 3.82. The lowest BCUT2D eigenvalue weighted by Gasteiger charge is -2.42. The fourth-order valence-electron chi connectivity index (χ4n) is 4.32. The summed E-state index contributed by atoms with van der Waals surface area (Å²) in [5, 5.41) is 5.56. The molecule has 0 amide bonds. The standard InChI is InChI=1S/C25H21BrFN3O/c26-22-23(16-8-3-1-4-9-16)29-30-21(18-12-7-13-19(27)14-18)15-20(28-25(22)30)24(31)17-10-5-2-6-11-17/h1-14,20-21,25,28-29H,15H2. The molecule has 2 N–H and O–H groups in total. The van der Waals surface area contributed by atoms with E-state index in [1.807, 2.05) is 66.7 Å². The predicted molar refractivity (Wildman–Crippen MR) is 123 cm³/mol. The molecular formula is C25H21BrFN3O. The molecule has 0 spiro atoms. The van der Waals surface area contributed by atoms with E-state index in [1.165, 1.54) is 6.07 Å². The minimum atomic E-state index is -0.401. The molecule has 5 rings (SSSR count). The molecule has 0 aromatic heterocycles. The van der Waals surface area contributed by atoms with Gasteiger partial charge < -0.3 is 5.43 Å². The molecule has 3 aromatic rings. The van der Waals surface area contributed by atoms with Crippen LogP contribution >= 0.6 is 15.9 Å². The summed E-state index contributed by atoms with van der Waals surface area (Å²) in [5.74, 6) is -0.247. The first-order chi connectivity index (χ1) is 15.1. The Bertz CT molecular complexity index is 1140. The van der Waals surface area contributed by atoms with Crippen LogP contribution in [-0.2, 0) is 0 Å². The second kappa shape index (κ2) is 8.38. The number of rotatable bonds is 4. The summed E-state index contributed by atoms with van der Waals surface area (Å²) in [6.45, 7) is 0. The van der Waals surface area contributed by atoms with Crippen molar-refractivity contribution in [3.05, 3.63) is 112 Å². The first-order valence-corrected chi connectivity index (χ1v) is 11.0. The highest BCUT2D eigenvalue weighted by Gasteiger charge is 2.44. The topological polar surface area (TPSA) is 44.4 Å². The van der Waals surface area contributed by atoms with E-state index in [2.05, 4.69) is 31.7 Å². The van der Waals surface area contributed by atoms with Gasteiger partial charge in [-0.3, -0.25) is 10.1 Å². The van der Waals surface area contributed by atoms with E-state index in [1.54, 1.807) is 12.1 Å². The Labute approximate surface area is 188 Å². The van der Waals surface area contributed by atoms with Gasteiger partial charge in [0.05, 0.1) is 22.3 Å². The van der Waals surface area contributed by atoms with Crippen molar-refractivity contribution in [3.8, 4) is 0 Å². The Hall–Kier alpha value is -2.80.